The van der Waals surface area contributed by atoms with Crippen LogP contribution in [0.5, 0.6) is 0 Å². The number of carboxylic acids is 1. The molecule has 180 valence electrons. The third-order valence-corrected chi connectivity index (χ3v) is 6.62. The highest BCUT2D eigenvalue weighted by molar-refractivity contribution is 5.82. The maximum Gasteiger partial charge on any atom is 0.407 e. The molecule has 4 rings (SSSR count). The van der Waals surface area contributed by atoms with E-state index in [2.05, 4.69) is 34.9 Å². The summed E-state index contributed by atoms with van der Waals surface area (Å²) in [6.45, 7) is 2.79. The van der Waals surface area contributed by atoms with Crippen molar-refractivity contribution in [3.63, 3.8) is 0 Å². The topological polar surface area (TPSA) is 114 Å². The van der Waals surface area contributed by atoms with Crippen LogP contribution in [0.1, 0.15) is 36.8 Å². The molecule has 2 aromatic rings. The quantitative estimate of drug-likeness (QED) is 0.523. The van der Waals surface area contributed by atoms with Gasteiger partial charge in [-0.15, -0.1) is 0 Å². The first-order valence-electron chi connectivity index (χ1n) is 11.7. The van der Waals surface area contributed by atoms with Crippen LogP contribution in [0.2, 0.25) is 0 Å². The van der Waals surface area contributed by atoms with E-state index in [0.29, 0.717) is 19.4 Å². The number of fused-ring (bicyclic) bond motifs is 3. The van der Waals surface area contributed by atoms with Crippen LogP contribution < -0.4 is 10.6 Å². The predicted molar refractivity (Wildman–Crippen MR) is 125 cm³/mol. The SMILES string of the molecule is CC(CCNC(=O)C1OCCC1CNC(=O)OCC1c2ccccc2-c2ccccc21)C(=O)O. The summed E-state index contributed by atoms with van der Waals surface area (Å²) in [5.74, 6) is -1.89. The Morgan fingerprint density at radius 2 is 1.71 bits per heavy atom. The number of carbonyl (C=O) groups is 3. The van der Waals surface area contributed by atoms with E-state index in [0.717, 1.165) is 11.1 Å². The van der Waals surface area contributed by atoms with Crippen molar-refractivity contribution in [3.05, 3.63) is 59.7 Å². The predicted octanol–water partition coefficient (Wildman–Crippen LogP) is 3.16. The summed E-state index contributed by atoms with van der Waals surface area (Å²) in [6, 6.07) is 16.3. The fourth-order valence-corrected chi connectivity index (χ4v) is 4.63. The molecule has 0 bridgehead atoms. The Labute approximate surface area is 198 Å². The summed E-state index contributed by atoms with van der Waals surface area (Å²) in [4.78, 5) is 35.8. The highest BCUT2D eigenvalue weighted by Crippen LogP contribution is 2.44. The van der Waals surface area contributed by atoms with Crippen molar-refractivity contribution in [1.82, 2.24) is 10.6 Å². The van der Waals surface area contributed by atoms with Gasteiger partial charge in [0.1, 0.15) is 12.7 Å². The number of carbonyl (C=O) groups excluding carboxylic acids is 2. The lowest BCUT2D eigenvalue weighted by molar-refractivity contribution is -0.141. The Morgan fingerprint density at radius 1 is 1.06 bits per heavy atom. The van der Waals surface area contributed by atoms with Gasteiger partial charge >= 0.3 is 12.1 Å². The molecule has 34 heavy (non-hydrogen) atoms. The summed E-state index contributed by atoms with van der Waals surface area (Å²) in [5.41, 5.74) is 4.63. The number of alkyl carbamates (subject to hydrolysis) is 1. The summed E-state index contributed by atoms with van der Waals surface area (Å²) in [6.07, 6.45) is -0.207. The number of rotatable bonds is 9. The maximum absolute atomic E-state index is 12.5. The van der Waals surface area contributed by atoms with Crippen LogP contribution >= 0.6 is 0 Å². The Kier molecular flexibility index (Phi) is 7.47. The summed E-state index contributed by atoms with van der Waals surface area (Å²) in [5, 5.41) is 14.5. The van der Waals surface area contributed by atoms with Gasteiger partial charge in [0.2, 0.25) is 5.91 Å². The number of carboxylic acid groups (broad SMARTS) is 1. The van der Waals surface area contributed by atoms with Gasteiger partial charge < -0.3 is 25.2 Å². The number of amides is 2. The molecule has 1 fully saturated rings. The minimum atomic E-state index is -0.892. The molecule has 3 N–H and O–H groups in total. The van der Waals surface area contributed by atoms with E-state index >= 15 is 0 Å². The zero-order valence-electron chi connectivity index (χ0n) is 19.2. The van der Waals surface area contributed by atoms with Gasteiger partial charge in [-0.2, -0.15) is 0 Å². The molecule has 0 radical (unpaired) electrons. The van der Waals surface area contributed by atoms with Crippen LogP contribution in [0, 0.1) is 11.8 Å². The van der Waals surface area contributed by atoms with Gasteiger partial charge in [0, 0.05) is 31.5 Å². The van der Waals surface area contributed by atoms with Gasteiger partial charge in [-0.1, -0.05) is 55.5 Å². The molecule has 0 aromatic heterocycles. The van der Waals surface area contributed by atoms with Crippen LogP contribution in [-0.2, 0) is 19.1 Å². The molecule has 2 aromatic carbocycles. The second-order valence-corrected chi connectivity index (χ2v) is 8.87. The number of hydrogen-bond donors (Lipinski definition) is 3. The first-order chi connectivity index (χ1) is 16.5. The van der Waals surface area contributed by atoms with E-state index < -0.39 is 24.1 Å². The molecule has 1 saturated heterocycles. The summed E-state index contributed by atoms with van der Waals surface area (Å²) >= 11 is 0. The molecule has 3 atom stereocenters. The molecule has 1 aliphatic carbocycles. The molecule has 8 nitrogen and oxygen atoms in total. The van der Waals surface area contributed by atoms with Crippen molar-refractivity contribution in [3.8, 4) is 11.1 Å². The van der Waals surface area contributed by atoms with Gasteiger partial charge in [0.25, 0.3) is 0 Å². The molecule has 1 aliphatic heterocycles. The van der Waals surface area contributed by atoms with Crippen molar-refractivity contribution >= 4 is 18.0 Å². The second-order valence-electron chi connectivity index (χ2n) is 8.87. The van der Waals surface area contributed by atoms with Crippen LogP contribution in [0.15, 0.2) is 48.5 Å². The second kappa shape index (κ2) is 10.7. The van der Waals surface area contributed by atoms with Crippen molar-refractivity contribution in [2.45, 2.75) is 31.8 Å². The molecule has 1 heterocycles. The summed E-state index contributed by atoms with van der Waals surface area (Å²) in [7, 11) is 0. The zero-order valence-corrected chi connectivity index (χ0v) is 19.2. The number of hydrogen-bond acceptors (Lipinski definition) is 5. The fourth-order valence-electron chi connectivity index (χ4n) is 4.63. The van der Waals surface area contributed by atoms with Crippen molar-refractivity contribution in [1.29, 1.82) is 0 Å². The average molecular weight is 467 g/mol. The van der Waals surface area contributed by atoms with Gasteiger partial charge in [-0.3, -0.25) is 9.59 Å². The third kappa shape index (κ3) is 5.22. The van der Waals surface area contributed by atoms with Crippen molar-refractivity contribution in [2.75, 3.05) is 26.3 Å². The lowest BCUT2D eigenvalue weighted by atomic mass is 9.98. The standard InChI is InChI=1S/C26H30N2O6/c1-16(25(30)31)10-12-27-24(29)23-17(11-13-33-23)14-28-26(32)34-15-22-20-8-4-2-6-18(20)19-7-3-5-9-21(19)22/h2-9,16-17,22-23H,10-15H2,1H3,(H,27,29)(H,28,32)(H,30,31). The molecule has 0 spiro atoms. The van der Waals surface area contributed by atoms with E-state index in [-0.39, 0.29) is 37.4 Å². The first kappa shape index (κ1) is 23.8. The minimum Gasteiger partial charge on any atom is -0.481 e. The van der Waals surface area contributed by atoms with Crippen LogP contribution in [-0.4, -0.2) is 55.5 Å². The van der Waals surface area contributed by atoms with E-state index in [9.17, 15) is 14.4 Å². The molecular formula is C26H30N2O6. The van der Waals surface area contributed by atoms with Gasteiger partial charge in [0.05, 0.1) is 5.92 Å². The van der Waals surface area contributed by atoms with Crippen LogP contribution in [0.25, 0.3) is 11.1 Å². The van der Waals surface area contributed by atoms with Gasteiger partial charge in [0.15, 0.2) is 0 Å². The lowest BCUT2D eigenvalue weighted by Gasteiger charge is -2.19. The lowest BCUT2D eigenvalue weighted by Crippen LogP contribution is -2.42. The average Bonchev–Trinajstić information content (AvgIpc) is 3.44. The first-order valence-corrected chi connectivity index (χ1v) is 11.7. The third-order valence-electron chi connectivity index (χ3n) is 6.62. The highest BCUT2D eigenvalue weighted by atomic mass is 16.5. The fraction of sp³-hybridized carbons (Fsp3) is 0.423. The monoisotopic (exact) mass is 466 g/mol. The molecular weight excluding hydrogens is 436 g/mol. The zero-order chi connectivity index (χ0) is 24.1. The number of nitrogens with one attached hydrogen (secondary N) is 2. The Bertz CT molecular complexity index is 1010. The molecule has 2 amide bonds. The van der Waals surface area contributed by atoms with E-state index in [1.165, 1.54) is 11.1 Å². The van der Waals surface area contributed by atoms with E-state index in [1.54, 1.807) is 6.92 Å². The maximum atomic E-state index is 12.5. The molecule has 0 saturated carbocycles. The molecule has 2 aliphatic rings. The van der Waals surface area contributed by atoms with E-state index in [4.69, 9.17) is 14.6 Å². The number of benzene rings is 2. The van der Waals surface area contributed by atoms with Crippen LogP contribution in [0.3, 0.4) is 0 Å². The Hall–Kier alpha value is -3.39. The number of ether oxygens (including phenoxy) is 2. The Morgan fingerprint density at radius 3 is 2.35 bits per heavy atom. The smallest absolute Gasteiger partial charge is 0.407 e. The van der Waals surface area contributed by atoms with Gasteiger partial charge in [-0.25, -0.2) is 4.79 Å². The van der Waals surface area contributed by atoms with E-state index in [1.807, 2.05) is 24.3 Å². The van der Waals surface area contributed by atoms with Crippen LogP contribution in [0.4, 0.5) is 4.79 Å². The normalized spacial score (nSPS) is 19.7. The summed E-state index contributed by atoms with van der Waals surface area (Å²) < 4.78 is 11.1. The van der Waals surface area contributed by atoms with Gasteiger partial charge in [-0.05, 0) is 35.1 Å². The van der Waals surface area contributed by atoms with Crippen molar-refractivity contribution in [2.24, 2.45) is 11.8 Å². The molecule has 8 heteroatoms. The highest BCUT2D eigenvalue weighted by Gasteiger charge is 2.35. The number of aliphatic carboxylic acids is 1. The minimum absolute atomic E-state index is 0.0142. The Balaban J connectivity index is 1.26. The van der Waals surface area contributed by atoms with Crippen molar-refractivity contribution < 1.29 is 29.0 Å². The largest absolute Gasteiger partial charge is 0.481 e. The molecule has 3 unspecified atom stereocenters.